The van der Waals surface area contributed by atoms with E-state index in [0.29, 0.717) is 26.2 Å². The molecule has 2 rings (SSSR count). The van der Waals surface area contributed by atoms with Crippen molar-refractivity contribution in [3.05, 3.63) is 16.1 Å². The summed E-state index contributed by atoms with van der Waals surface area (Å²) in [5.41, 5.74) is 0. The Labute approximate surface area is 147 Å². The molecule has 1 fully saturated rings. The lowest BCUT2D eigenvalue weighted by Gasteiger charge is -2.35. The second-order valence-corrected chi connectivity index (χ2v) is 6.84. The molecule has 0 spiro atoms. The van der Waals surface area contributed by atoms with Gasteiger partial charge in [0.25, 0.3) is 0 Å². The van der Waals surface area contributed by atoms with E-state index in [-0.39, 0.29) is 6.09 Å². The number of amides is 1. The molecule has 0 aliphatic carbocycles. The van der Waals surface area contributed by atoms with Crippen LogP contribution in [0.5, 0.6) is 0 Å². The standard InChI is InChI=1S/C16H27N5O2S/c1-4-17-15(18-7-6-14-19-12-13(3)24-14)20-8-10-21(11-9-20)16(22)23-5-2/h12H,4-11H2,1-3H3,(H,17,18). The first-order valence-corrected chi connectivity index (χ1v) is 9.32. The van der Waals surface area contributed by atoms with Crippen molar-refractivity contribution in [3.8, 4) is 0 Å². The van der Waals surface area contributed by atoms with Gasteiger partial charge in [-0.1, -0.05) is 0 Å². The number of nitrogens with one attached hydrogen (secondary N) is 1. The van der Waals surface area contributed by atoms with Crippen molar-refractivity contribution in [2.45, 2.75) is 27.2 Å². The molecule has 134 valence electrons. The number of rotatable bonds is 5. The summed E-state index contributed by atoms with van der Waals surface area (Å²) < 4.78 is 5.06. The third-order valence-corrected chi connectivity index (χ3v) is 4.67. The number of aromatic nitrogens is 1. The van der Waals surface area contributed by atoms with Crippen molar-refractivity contribution >= 4 is 23.4 Å². The largest absolute Gasteiger partial charge is 0.450 e. The van der Waals surface area contributed by atoms with E-state index in [2.05, 4.69) is 29.0 Å². The van der Waals surface area contributed by atoms with Crippen LogP contribution in [0.25, 0.3) is 0 Å². The summed E-state index contributed by atoms with van der Waals surface area (Å²) in [5, 5.41) is 4.46. The molecule has 7 nitrogen and oxygen atoms in total. The molecule has 2 heterocycles. The summed E-state index contributed by atoms with van der Waals surface area (Å²) in [6.45, 7) is 10.8. The highest BCUT2D eigenvalue weighted by Crippen LogP contribution is 2.11. The molecule has 1 aliphatic rings. The third kappa shape index (κ3) is 5.36. The number of ether oxygens (including phenoxy) is 1. The summed E-state index contributed by atoms with van der Waals surface area (Å²) in [6.07, 6.45) is 2.54. The Morgan fingerprint density at radius 2 is 2.04 bits per heavy atom. The van der Waals surface area contributed by atoms with Gasteiger partial charge < -0.3 is 19.9 Å². The average Bonchev–Trinajstić information content (AvgIpc) is 3.00. The number of carbonyl (C=O) groups excluding carboxylic acids is 1. The van der Waals surface area contributed by atoms with Gasteiger partial charge in [-0.15, -0.1) is 11.3 Å². The predicted molar refractivity (Wildman–Crippen MR) is 96.7 cm³/mol. The highest BCUT2D eigenvalue weighted by atomic mass is 32.1. The smallest absolute Gasteiger partial charge is 0.409 e. The lowest BCUT2D eigenvalue weighted by atomic mass is 10.3. The topological polar surface area (TPSA) is 70.1 Å². The van der Waals surface area contributed by atoms with E-state index in [1.54, 1.807) is 16.2 Å². The van der Waals surface area contributed by atoms with Gasteiger partial charge in [0.15, 0.2) is 5.96 Å². The van der Waals surface area contributed by atoms with Crippen LogP contribution in [0.2, 0.25) is 0 Å². The SMILES string of the molecule is CCNC(=NCCc1ncc(C)s1)N1CCN(C(=O)OCC)CC1. The van der Waals surface area contributed by atoms with Gasteiger partial charge in [-0.05, 0) is 20.8 Å². The Morgan fingerprint density at radius 3 is 2.62 bits per heavy atom. The van der Waals surface area contributed by atoms with Crippen LogP contribution in [0.3, 0.4) is 0 Å². The molecule has 0 saturated carbocycles. The Balaban J connectivity index is 1.86. The van der Waals surface area contributed by atoms with Crippen LogP contribution >= 0.6 is 11.3 Å². The second kappa shape index (κ2) is 9.46. The molecule has 0 unspecified atom stereocenters. The highest BCUT2D eigenvalue weighted by Gasteiger charge is 2.23. The van der Waals surface area contributed by atoms with E-state index in [4.69, 9.17) is 9.73 Å². The fourth-order valence-electron chi connectivity index (χ4n) is 2.52. The molecule has 1 amide bonds. The molecule has 1 N–H and O–H groups in total. The Bertz CT molecular complexity index is 552. The van der Waals surface area contributed by atoms with Gasteiger partial charge in [-0.2, -0.15) is 0 Å². The molecule has 0 bridgehead atoms. The Hall–Kier alpha value is -1.83. The van der Waals surface area contributed by atoms with Gasteiger partial charge >= 0.3 is 6.09 Å². The third-order valence-electron chi connectivity index (χ3n) is 3.70. The van der Waals surface area contributed by atoms with Crippen LogP contribution in [-0.4, -0.2) is 72.7 Å². The predicted octanol–water partition coefficient (Wildman–Crippen LogP) is 1.73. The monoisotopic (exact) mass is 353 g/mol. The van der Waals surface area contributed by atoms with Crippen molar-refractivity contribution < 1.29 is 9.53 Å². The molecule has 1 aromatic rings. The Morgan fingerprint density at radius 1 is 1.33 bits per heavy atom. The minimum Gasteiger partial charge on any atom is -0.450 e. The zero-order chi connectivity index (χ0) is 17.4. The number of carbonyl (C=O) groups is 1. The zero-order valence-corrected chi connectivity index (χ0v) is 15.6. The molecular weight excluding hydrogens is 326 g/mol. The Kier molecular flexibility index (Phi) is 7.30. The average molecular weight is 353 g/mol. The summed E-state index contributed by atoms with van der Waals surface area (Å²) in [7, 11) is 0. The van der Waals surface area contributed by atoms with Gasteiger partial charge in [-0.3, -0.25) is 4.99 Å². The van der Waals surface area contributed by atoms with Gasteiger partial charge in [0, 0.05) is 56.8 Å². The molecule has 1 aromatic heterocycles. The number of nitrogens with zero attached hydrogens (tertiary/aromatic N) is 4. The van der Waals surface area contributed by atoms with E-state index < -0.39 is 0 Å². The van der Waals surface area contributed by atoms with Gasteiger partial charge in [-0.25, -0.2) is 9.78 Å². The molecular formula is C16H27N5O2S. The van der Waals surface area contributed by atoms with E-state index in [1.807, 2.05) is 13.1 Å². The fourth-order valence-corrected chi connectivity index (χ4v) is 3.29. The maximum absolute atomic E-state index is 11.8. The lowest BCUT2D eigenvalue weighted by Crippen LogP contribution is -2.54. The van der Waals surface area contributed by atoms with Crippen molar-refractivity contribution in [1.82, 2.24) is 20.1 Å². The minimum atomic E-state index is -0.224. The van der Waals surface area contributed by atoms with Crippen LogP contribution < -0.4 is 5.32 Å². The second-order valence-electron chi connectivity index (χ2n) is 5.52. The summed E-state index contributed by atoms with van der Waals surface area (Å²) in [4.78, 5) is 26.0. The summed E-state index contributed by atoms with van der Waals surface area (Å²) >= 11 is 1.72. The van der Waals surface area contributed by atoms with Crippen LogP contribution in [0.15, 0.2) is 11.2 Å². The summed E-state index contributed by atoms with van der Waals surface area (Å²) in [5.74, 6) is 0.911. The van der Waals surface area contributed by atoms with E-state index >= 15 is 0 Å². The van der Waals surface area contributed by atoms with Crippen LogP contribution in [0.1, 0.15) is 23.7 Å². The zero-order valence-electron chi connectivity index (χ0n) is 14.7. The van der Waals surface area contributed by atoms with Crippen molar-refractivity contribution in [2.75, 3.05) is 45.9 Å². The highest BCUT2D eigenvalue weighted by molar-refractivity contribution is 7.11. The number of thiazole rings is 1. The lowest BCUT2D eigenvalue weighted by molar-refractivity contribution is 0.0914. The molecule has 1 aliphatic heterocycles. The maximum atomic E-state index is 11.8. The number of hydrogen-bond donors (Lipinski definition) is 1. The van der Waals surface area contributed by atoms with E-state index in [1.165, 1.54) is 4.88 Å². The molecule has 0 radical (unpaired) electrons. The van der Waals surface area contributed by atoms with Gasteiger partial charge in [0.2, 0.25) is 0 Å². The van der Waals surface area contributed by atoms with E-state index in [9.17, 15) is 4.79 Å². The van der Waals surface area contributed by atoms with Crippen molar-refractivity contribution in [3.63, 3.8) is 0 Å². The fraction of sp³-hybridized carbons (Fsp3) is 0.688. The number of hydrogen-bond acceptors (Lipinski definition) is 5. The van der Waals surface area contributed by atoms with Crippen molar-refractivity contribution in [2.24, 2.45) is 4.99 Å². The van der Waals surface area contributed by atoms with Crippen LogP contribution in [0.4, 0.5) is 4.79 Å². The first-order valence-electron chi connectivity index (χ1n) is 8.50. The number of aliphatic imine (C=N–C) groups is 1. The molecule has 0 aromatic carbocycles. The molecule has 8 heteroatoms. The minimum absolute atomic E-state index is 0.224. The molecule has 24 heavy (non-hydrogen) atoms. The van der Waals surface area contributed by atoms with Crippen LogP contribution in [-0.2, 0) is 11.2 Å². The number of aryl methyl sites for hydroxylation is 1. The molecule has 0 atom stereocenters. The quantitative estimate of drug-likeness (QED) is 0.645. The van der Waals surface area contributed by atoms with Crippen molar-refractivity contribution in [1.29, 1.82) is 0 Å². The molecule has 1 saturated heterocycles. The first-order chi connectivity index (χ1) is 11.6. The first kappa shape index (κ1) is 18.5. The van der Waals surface area contributed by atoms with Gasteiger partial charge in [0.05, 0.1) is 11.6 Å². The number of guanidine groups is 1. The maximum Gasteiger partial charge on any atom is 0.409 e. The number of piperazine rings is 1. The van der Waals surface area contributed by atoms with Gasteiger partial charge in [0.1, 0.15) is 0 Å². The summed E-state index contributed by atoms with van der Waals surface area (Å²) in [6, 6.07) is 0. The van der Waals surface area contributed by atoms with E-state index in [0.717, 1.165) is 37.0 Å². The normalized spacial score (nSPS) is 15.5. The van der Waals surface area contributed by atoms with Crippen LogP contribution in [0, 0.1) is 6.92 Å².